The lowest BCUT2D eigenvalue weighted by atomic mass is 9.87. The maximum atomic E-state index is 11.7. The van der Waals surface area contributed by atoms with Gasteiger partial charge in [0.1, 0.15) is 5.78 Å². The molecule has 1 aromatic rings. The normalized spacial score (nSPS) is 14.4. The molecular weight excluding hydrogens is 232 g/mol. The van der Waals surface area contributed by atoms with Gasteiger partial charge in [0.2, 0.25) is 0 Å². The van der Waals surface area contributed by atoms with Gasteiger partial charge in [0.25, 0.3) is 0 Å². The standard InChI is InChI=1S/C18H28O/c1-6-18(19)15(5)12-14(4)17-9-7-16(8-10-17)11-13(2)3/h7-10,13-15H,6,11-12H2,1-5H3. The van der Waals surface area contributed by atoms with Gasteiger partial charge >= 0.3 is 0 Å². The van der Waals surface area contributed by atoms with E-state index in [1.165, 1.54) is 11.1 Å². The van der Waals surface area contributed by atoms with Crippen LogP contribution in [0.1, 0.15) is 64.5 Å². The van der Waals surface area contributed by atoms with Crippen molar-refractivity contribution in [3.63, 3.8) is 0 Å². The number of hydrogen-bond donors (Lipinski definition) is 0. The highest BCUT2D eigenvalue weighted by molar-refractivity contribution is 5.80. The van der Waals surface area contributed by atoms with Crippen molar-refractivity contribution in [3.05, 3.63) is 35.4 Å². The zero-order chi connectivity index (χ0) is 14.4. The third-order valence-corrected chi connectivity index (χ3v) is 3.80. The van der Waals surface area contributed by atoms with Gasteiger partial charge in [-0.1, -0.05) is 58.9 Å². The average molecular weight is 260 g/mol. The van der Waals surface area contributed by atoms with E-state index in [1.807, 2.05) is 6.92 Å². The van der Waals surface area contributed by atoms with Crippen LogP contribution in [0, 0.1) is 11.8 Å². The predicted octanol–water partition coefficient (Wildman–Crippen LogP) is 4.99. The molecule has 1 heteroatoms. The molecule has 0 aliphatic carbocycles. The van der Waals surface area contributed by atoms with Gasteiger partial charge in [0.05, 0.1) is 0 Å². The lowest BCUT2D eigenvalue weighted by Gasteiger charge is -2.17. The highest BCUT2D eigenvalue weighted by atomic mass is 16.1. The van der Waals surface area contributed by atoms with Crippen LogP contribution >= 0.6 is 0 Å². The molecular formula is C18H28O. The largest absolute Gasteiger partial charge is 0.299 e. The SMILES string of the molecule is CCC(=O)C(C)CC(C)c1ccc(CC(C)C)cc1. The van der Waals surface area contributed by atoms with Crippen LogP contribution in [0.15, 0.2) is 24.3 Å². The second-order valence-electron chi connectivity index (χ2n) is 6.20. The molecule has 0 aliphatic heterocycles. The molecule has 2 unspecified atom stereocenters. The fraction of sp³-hybridized carbons (Fsp3) is 0.611. The Morgan fingerprint density at radius 1 is 1.05 bits per heavy atom. The lowest BCUT2D eigenvalue weighted by molar-refractivity contribution is -0.122. The Balaban J connectivity index is 2.62. The molecule has 0 N–H and O–H groups in total. The summed E-state index contributed by atoms with van der Waals surface area (Å²) in [7, 11) is 0. The van der Waals surface area contributed by atoms with Gasteiger partial charge in [-0.15, -0.1) is 0 Å². The molecule has 0 amide bonds. The van der Waals surface area contributed by atoms with E-state index in [9.17, 15) is 4.79 Å². The maximum absolute atomic E-state index is 11.7. The molecule has 0 bridgehead atoms. The van der Waals surface area contributed by atoms with E-state index in [1.54, 1.807) is 0 Å². The summed E-state index contributed by atoms with van der Waals surface area (Å²) in [6.07, 6.45) is 2.75. The van der Waals surface area contributed by atoms with Crippen molar-refractivity contribution in [2.45, 2.75) is 59.8 Å². The van der Waals surface area contributed by atoms with Gasteiger partial charge in [-0.25, -0.2) is 0 Å². The average Bonchev–Trinajstić information content (AvgIpc) is 2.37. The van der Waals surface area contributed by atoms with Crippen LogP contribution in [0.3, 0.4) is 0 Å². The van der Waals surface area contributed by atoms with Gasteiger partial charge in [-0.05, 0) is 35.8 Å². The van der Waals surface area contributed by atoms with Crippen molar-refractivity contribution < 1.29 is 4.79 Å². The predicted molar refractivity (Wildman–Crippen MR) is 82.5 cm³/mol. The summed E-state index contributed by atoms with van der Waals surface area (Å²) in [6, 6.07) is 8.92. The first kappa shape index (κ1) is 15.9. The van der Waals surface area contributed by atoms with Crippen LogP contribution in [0.25, 0.3) is 0 Å². The van der Waals surface area contributed by atoms with Crippen molar-refractivity contribution in [1.82, 2.24) is 0 Å². The Kier molecular flexibility index (Phi) is 6.27. The number of rotatable bonds is 7. The fourth-order valence-electron chi connectivity index (χ4n) is 2.60. The van der Waals surface area contributed by atoms with Crippen molar-refractivity contribution in [2.75, 3.05) is 0 Å². The number of Topliss-reactive ketones (excluding diaryl/α,β-unsaturated/α-hetero) is 1. The first-order valence-electron chi connectivity index (χ1n) is 7.55. The van der Waals surface area contributed by atoms with E-state index in [0.717, 1.165) is 12.8 Å². The molecule has 0 heterocycles. The molecule has 0 saturated heterocycles. The highest BCUT2D eigenvalue weighted by Crippen LogP contribution is 2.25. The van der Waals surface area contributed by atoms with Crippen molar-refractivity contribution in [2.24, 2.45) is 11.8 Å². The molecule has 1 aromatic carbocycles. The van der Waals surface area contributed by atoms with Gasteiger partial charge in [-0.3, -0.25) is 4.79 Å². The molecule has 0 spiro atoms. The van der Waals surface area contributed by atoms with Gasteiger partial charge in [-0.2, -0.15) is 0 Å². The van der Waals surface area contributed by atoms with Crippen molar-refractivity contribution >= 4 is 5.78 Å². The van der Waals surface area contributed by atoms with E-state index < -0.39 is 0 Å². The molecule has 0 fully saturated rings. The number of hydrogen-bond acceptors (Lipinski definition) is 1. The van der Waals surface area contributed by atoms with E-state index in [4.69, 9.17) is 0 Å². The van der Waals surface area contributed by atoms with Crippen LogP contribution in [-0.4, -0.2) is 5.78 Å². The number of ketones is 1. The monoisotopic (exact) mass is 260 g/mol. The Labute approximate surface area is 118 Å². The van der Waals surface area contributed by atoms with Gasteiger partial charge in [0.15, 0.2) is 0 Å². The Bertz CT molecular complexity index is 389. The van der Waals surface area contributed by atoms with E-state index in [2.05, 4.69) is 52.0 Å². The zero-order valence-corrected chi connectivity index (χ0v) is 13.1. The molecule has 1 nitrogen and oxygen atoms in total. The Morgan fingerprint density at radius 3 is 2.11 bits per heavy atom. The van der Waals surface area contributed by atoms with E-state index >= 15 is 0 Å². The second-order valence-corrected chi connectivity index (χ2v) is 6.20. The summed E-state index contributed by atoms with van der Waals surface area (Å²) in [5, 5.41) is 0. The van der Waals surface area contributed by atoms with Crippen LogP contribution in [0.4, 0.5) is 0 Å². The Morgan fingerprint density at radius 2 is 1.63 bits per heavy atom. The van der Waals surface area contributed by atoms with Crippen molar-refractivity contribution in [3.8, 4) is 0 Å². The van der Waals surface area contributed by atoms with Gasteiger partial charge in [0, 0.05) is 12.3 Å². The smallest absolute Gasteiger partial charge is 0.135 e. The summed E-state index contributed by atoms with van der Waals surface area (Å²) in [5.74, 6) is 1.71. The molecule has 1 rings (SSSR count). The quantitative estimate of drug-likeness (QED) is 0.674. The third kappa shape index (κ3) is 5.18. The Hall–Kier alpha value is -1.11. The van der Waals surface area contributed by atoms with E-state index in [-0.39, 0.29) is 5.92 Å². The summed E-state index contributed by atoms with van der Waals surface area (Å²) in [4.78, 5) is 11.7. The first-order chi connectivity index (χ1) is 8.93. The number of benzene rings is 1. The lowest BCUT2D eigenvalue weighted by Crippen LogP contribution is -2.12. The van der Waals surface area contributed by atoms with E-state index in [0.29, 0.717) is 24.0 Å². The first-order valence-corrected chi connectivity index (χ1v) is 7.55. The molecule has 2 atom stereocenters. The summed E-state index contributed by atoms with van der Waals surface area (Å²) in [6.45, 7) is 10.7. The third-order valence-electron chi connectivity index (χ3n) is 3.80. The fourth-order valence-corrected chi connectivity index (χ4v) is 2.60. The number of carbonyl (C=O) groups excluding carboxylic acids is 1. The van der Waals surface area contributed by atoms with Gasteiger partial charge < -0.3 is 0 Å². The summed E-state index contributed by atoms with van der Waals surface area (Å²) < 4.78 is 0. The minimum absolute atomic E-state index is 0.176. The summed E-state index contributed by atoms with van der Waals surface area (Å²) >= 11 is 0. The van der Waals surface area contributed by atoms with Crippen LogP contribution < -0.4 is 0 Å². The topological polar surface area (TPSA) is 17.1 Å². The van der Waals surface area contributed by atoms with Crippen molar-refractivity contribution in [1.29, 1.82) is 0 Å². The molecule has 19 heavy (non-hydrogen) atoms. The number of carbonyl (C=O) groups is 1. The minimum atomic E-state index is 0.176. The van der Waals surface area contributed by atoms with Crippen LogP contribution in [0.2, 0.25) is 0 Å². The maximum Gasteiger partial charge on any atom is 0.135 e. The molecule has 106 valence electrons. The zero-order valence-electron chi connectivity index (χ0n) is 13.1. The van der Waals surface area contributed by atoms with Crippen LogP contribution in [0.5, 0.6) is 0 Å². The second kappa shape index (κ2) is 7.47. The molecule has 0 radical (unpaired) electrons. The minimum Gasteiger partial charge on any atom is -0.299 e. The molecule has 0 aliphatic rings. The highest BCUT2D eigenvalue weighted by Gasteiger charge is 2.15. The molecule has 0 aromatic heterocycles. The summed E-state index contributed by atoms with van der Waals surface area (Å²) in [5.41, 5.74) is 2.76. The van der Waals surface area contributed by atoms with Crippen LogP contribution in [-0.2, 0) is 11.2 Å². The molecule has 0 saturated carbocycles.